The summed E-state index contributed by atoms with van der Waals surface area (Å²) in [4.78, 5) is 2.82. The molecule has 100 valence electrons. The average molecular weight is 256 g/mol. The Balaban J connectivity index is 1.81. The zero-order valence-corrected chi connectivity index (χ0v) is 12.1. The van der Waals surface area contributed by atoms with Crippen molar-refractivity contribution in [2.45, 2.75) is 45.1 Å². The quantitative estimate of drug-likeness (QED) is 0.814. The first-order valence-electron chi connectivity index (χ1n) is 7.42. The van der Waals surface area contributed by atoms with E-state index in [9.17, 15) is 0 Å². The van der Waals surface area contributed by atoms with Crippen LogP contribution in [0.3, 0.4) is 0 Å². The van der Waals surface area contributed by atoms with Gasteiger partial charge in [-0.05, 0) is 69.2 Å². The summed E-state index contributed by atoms with van der Waals surface area (Å²) in [6.45, 7) is 7.49. The van der Waals surface area contributed by atoms with Crippen molar-refractivity contribution in [2.75, 3.05) is 37.7 Å². The molecule has 3 heteroatoms. The molecule has 0 spiro atoms. The van der Waals surface area contributed by atoms with Gasteiger partial charge in [0.1, 0.15) is 0 Å². The van der Waals surface area contributed by atoms with Crippen LogP contribution in [0.2, 0.25) is 0 Å². The van der Waals surface area contributed by atoms with Crippen molar-refractivity contribution < 1.29 is 0 Å². The number of hydrogen-bond donors (Lipinski definition) is 1. The normalized spacial score (nSPS) is 24.4. The van der Waals surface area contributed by atoms with Crippen LogP contribution in [0.15, 0.2) is 0 Å². The van der Waals surface area contributed by atoms with E-state index in [1.54, 1.807) is 0 Å². The lowest BCUT2D eigenvalue weighted by molar-refractivity contribution is 0.144. The Labute approximate surface area is 111 Å². The Bertz CT molecular complexity index is 198. The van der Waals surface area contributed by atoms with Crippen molar-refractivity contribution in [3.63, 3.8) is 0 Å². The van der Waals surface area contributed by atoms with Gasteiger partial charge in [0, 0.05) is 12.6 Å². The first kappa shape index (κ1) is 13.7. The molecule has 2 fully saturated rings. The van der Waals surface area contributed by atoms with Gasteiger partial charge in [-0.1, -0.05) is 6.92 Å². The van der Waals surface area contributed by atoms with Crippen molar-refractivity contribution in [1.82, 2.24) is 10.2 Å². The number of hydrogen-bond acceptors (Lipinski definition) is 3. The Morgan fingerprint density at radius 1 is 1.12 bits per heavy atom. The number of nitrogens with one attached hydrogen (secondary N) is 1. The monoisotopic (exact) mass is 256 g/mol. The Kier molecular flexibility index (Phi) is 6.16. The molecular weight excluding hydrogens is 228 g/mol. The van der Waals surface area contributed by atoms with E-state index >= 15 is 0 Å². The smallest absolute Gasteiger partial charge is 0.0111 e. The van der Waals surface area contributed by atoms with Gasteiger partial charge in [-0.15, -0.1) is 0 Å². The molecule has 0 atom stereocenters. The molecule has 0 bridgehead atoms. The summed E-state index contributed by atoms with van der Waals surface area (Å²) in [7, 11) is 0. The summed E-state index contributed by atoms with van der Waals surface area (Å²) in [5.74, 6) is 3.73. The SMILES string of the molecule is CCCN(CC1CCNCC1)C1CCSCC1. The van der Waals surface area contributed by atoms with E-state index in [1.165, 1.54) is 69.8 Å². The molecule has 2 rings (SSSR count). The van der Waals surface area contributed by atoms with Crippen LogP contribution < -0.4 is 5.32 Å². The molecule has 2 aliphatic heterocycles. The fourth-order valence-corrected chi connectivity index (χ4v) is 4.24. The second-order valence-electron chi connectivity index (χ2n) is 5.53. The van der Waals surface area contributed by atoms with Crippen LogP contribution in [0.25, 0.3) is 0 Å². The summed E-state index contributed by atoms with van der Waals surface area (Å²) in [6.07, 6.45) is 6.95. The molecule has 2 heterocycles. The molecule has 0 aromatic carbocycles. The molecule has 0 amide bonds. The van der Waals surface area contributed by atoms with Gasteiger partial charge in [-0.25, -0.2) is 0 Å². The standard InChI is InChI=1S/C14H28N2S/c1-2-9-16(14-5-10-17-11-6-14)12-13-3-7-15-8-4-13/h13-15H,2-12H2,1H3. The summed E-state index contributed by atoms with van der Waals surface area (Å²) in [6, 6.07) is 0.895. The molecule has 1 N–H and O–H groups in total. The van der Waals surface area contributed by atoms with Gasteiger partial charge in [0.2, 0.25) is 0 Å². The van der Waals surface area contributed by atoms with Crippen LogP contribution in [0.4, 0.5) is 0 Å². The van der Waals surface area contributed by atoms with Crippen molar-refractivity contribution >= 4 is 11.8 Å². The first-order valence-corrected chi connectivity index (χ1v) is 8.58. The van der Waals surface area contributed by atoms with E-state index in [1.807, 2.05) is 0 Å². The largest absolute Gasteiger partial charge is 0.317 e. The Hall–Kier alpha value is 0.270. The zero-order valence-electron chi connectivity index (χ0n) is 11.3. The van der Waals surface area contributed by atoms with Gasteiger partial charge in [0.05, 0.1) is 0 Å². The molecule has 0 aliphatic carbocycles. The number of rotatable bonds is 5. The fourth-order valence-electron chi connectivity index (χ4n) is 3.16. The van der Waals surface area contributed by atoms with Crippen LogP contribution in [0.5, 0.6) is 0 Å². The number of nitrogens with zero attached hydrogens (tertiary/aromatic N) is 1. The van der Waals surface area contributed by atoms with Gasteiger partial charge >= 0.3 is 0 Å². The number of thioether (sulfide) groups is 1. The molecule has 17 heavy (non-hydrogen) atoms. The molecule has 2 aliphatic rings. The minimum absolute atomic E-state index is 0.895. The van der Waals surface area contributed by atoms with Crippen LogP contribution in [-0.2, 0) is 0 Å². The molecule has 2 saturated heterocycles. The highest BCUT2D eigenvalue weighted by atomic mass is 32.2. The van der Waals surface area contributed by atoms with E-state index in [2.05, 4.69) is 28.9 Å². The van der Waals surface area contributed by atoms with Crippen LogP contribution in [0, 0.1) is 5.92 Å². The number of piperidine rings is 1. The zero-order chi connectivity index (χ0) is 11.9. The molecular formula is C14H28N2S. The van der Waals surface area contributed by atoms with E-state index in [0.29, 0.717) is 0 Å². The summed E-state index contributed by atoms with van der Waals surface area (Å²) in [5.41, 5.74) is 0. The molecule has 0 unspecified atom stereocenters. The minimum atomic E-state index is 0.895. The summed E-state index contributed by atoms with van der Waals surface area (Å²) in [5, 5.41) is 3.48. The maximum Gasteiger partial charge on any atom is 0.0111 e. The van der Waals surface area contributed by atoms with Crippen LogP contribution in [0.1, 0.15) is 39.0 Å². The van der Waals surface area contributed by atoms with Gasteiger partial charge in [0.15, 0.2) is 0 Å². The maximum atomic E-state index is 3.48. The predicted molar refractivity (Wildman–Crippen MR) is 77.8 cm³/mol. The Morgan fingerprint density at radius 2 is 1.82 bits per heavy atom. The average Bonchev–Trinajstić information content (AvgIpc) is 2.40. The highest BCUT2D eigenvalue weighted by Gasteiger charge is 2.24. The first-order chi connectivity index (χ1) is 8.40. The highest BCUT2D eigenvalue weighted by molar-refractivity contribution is 7.99. The van der Waals surface area contributed by atoms with E-state index in [0.717, 1.165) is 12.0 Å². The van der Waals surface area contributed by atoms with Gasteiger partial charge in [-0.2, -0.15) is 11.8 Å². The topological polar surface area (TPSA) is 15.3 Å². The molecule has 0 saturated carbocycles. The van der Waals surface area contributed by atoms with E-state index < -0.39 is 0 Å². The van der Waals surface area contributed by atoms with Gasteiger partial charge < -0.3 is 10.2 Å². The maximum absolute atomic E-state index is 3.48. The molecule has 2 nitrogen and oxygen atoms in total. The Morgan fingerprint density at radius 3 is 2.47 bits per heavy atom. The third kappa shape index (κ3) is 4.46. The van der Waals surface area contributed by atoms with Gasteiger partial charge in [-0.3, -0.25) is 0 Å². The molecule has 0 aromatic rings. The second-order valence-corrected chi connectivity index (χ2v) is 6.76. The van der Waals surface area contributed by atoms with E-state index in [4.69, 9.17) is 0 Å². The highest BCUT2D eigenvalue weighted by Crippen LogP contribution is 2.24. The lowest BCUT2D eigenvalue weighted by atomic mass is 9.96. The molecule has 0 aromatic heterocycles. The predicted octanol–water partition coefficient (Wildman–Crippen LogP) is 2.59. The van der Waals surface area contributed by atoms with Crippen molar-refractivity contribution in [3.8, 4) is 0 Å². The third-order valence-electron chi connectivity index (χ3n) is 4.17. The summed E-state index contributed by atoms with van der Waals surface area (Å²) < 4.78 is 0. The van der Waals surface area contributed by atoms with E-state index in [-0.39, 0.29) is 0 Å². The van der Waals surface area contributed by atoms with Crippen molar-refractivity contribution in [3.05, 3.63) is 0 Å². The van der Waals surface area contributed by atoms with Gasteiger partial charge in [0.25, 0.3) is 0 Å². The van der Waals surface area contributed by atoms with Crippen LogP contribution in [-0.4, -0.2) is 48.6 Å². The van der Waals surface area contributed by atoms with Crippen molar-refractivity contribution in [2.24, 2.45) is 5.92 Å². The lowest BCUT2D eigenvalue weighted by Crippen LogP contribution is -2.43. The summed E-state index contributed by atoms with van der Waals surface area (Å²) >= 11 is 2.14. The third-order valence-corrected chi connectivity index (χ3v) is 5.22. The van der Waals surface area contributed by atoms with Crippen molar-refractivity contribution in [1.29, 1.82) is 0 Å². The minimum Gasteiger partial charge on any atom is -0.317 e. The fraction of sp³-hybridized carbons (Fsp3) is 1.00. The van der Waals surface area contributed by atoms with Crippen LogP contribution >= 0.6 is 11.8 Å². The molecule has 0 radical (unpaired) electrons. The second kappa shape index (κ2) is 7.65. The lowest BCUT2D eigenvalue weighted by Gasteiger charge is -2.37.